The van der Waals surface area contributed by atoms with Gasteiger partial charge in [0.2, 0.25) is 0 Å². The molecule has 78 heavy (non-hydrogen) atoms. The molecule has 4 atom stereocenters. The van der Waals surface area contributed by atoms with Crippen LogP contribution in [0.25, 0.3) is 117 Å². The van der Waals surface area contributed by atoms with Gasteiger partial charge in [0.25, 0.3) is 0 Å². The third-order valence-electron chi connectivity index (χ3n) is 18.7. The summed E-state index contributed by atoms with van der Waals surface area (Å²) in [7, 11) is 0. The Morgan fingerprint density at radius 1 is 0.641 bits per heavy atom. The summed E-state index contributed by atoms with van der Waals surface area (Å²) >= 11 is 4.93. The smallest absolute Gasteiger partial charge is 0.0311 e. The van der Waals surface area contributed by atoms with E-state index in [0.717, 1.165) is 41.3 Å². The molecule has 0 radical (unpaired) electrons. The van der Waals surface area contributed by atoms with Crippen LogP contribution >= 0.6 is 12.6 Å². The van der Waals surface area contributed by atoms with Crippen LogP contribution in [0, 0.1) is 18.8 Å². The standard InChI is InChI=1S/C76H61NS/c1-5-9-47-17-21-55(76(78)46(47)4)11-8-10-49-18-19-50-27-38-67-59(32-23-52-25-34-61(49)71(50)73(52)67)56-29-35-64-65-36-30-57(43-70(65)63-13-7-6-12-62(63)69(64)42-56)60-33-24-53-26-37-66-58(31-22-51-28-39-68(60)74(53)72(51)66)44(2)14-15-48-16-20-54-40-41-77-75(54)45(48)3/h5-9,11-15,17-19,21-39,42-43,50,54,71,75,77-78H,2,10,16,20,40-41H2,1,3-4H3/b9-5-,11-8-,15-14-. The molecule has 0 spiro atoms. The van der Waals surface area contributed by atoms with E-state index in [0.29, 0.717) is 17.9 Å². The van der Waals surface area contributed by atoms with Gasteiger partial charge in [0.1, 0.15) is 0 Å². The fourth-order valence-electron chi connectivity index (χ4n) is 14.7. The number of nitrogens with one attached hydrogen (secondary N) is 1. The predicted molar refractivity (Wildman–Crippen MR) is 341 cm³/mol. The molecule has 1 saturated heterocycles. The number of allylic oxidation sites excluding steroid dienone is 12. The number of hydrogen-bond acceptors (Lipinski definition) is 2. The van der Waals surface area contributed by atoms with Gasteiger partial charge in [0.05, 0.1) is 0 Å². The zero-order valence-corrected chi connectivity index (χ0v) is 45.5. The zero-order chi connectivity index (χ0) is 52.3. The second kappa shape index (κ2) is 18.6. The average molecular weight is 1020 g/mol. The van der Waals surface area contributed by atoms with Crippen molar-refractivity contribution in [3.63, 3.8) is 0 Å². The molecule has 4 aliphatic carbocycles. The first-order valence-corrected chi connectivity index (χ1v) is 28.7. The van der Waals surface area contributed by atoms with Gasteiger partial charge in [-0.3, -0.25) is 0 Å². The number of thiol groups is 1. The molecule has 0 amide bonds. The first kappa shape index (κ1) is 47.2. The lowest BCUT2D eigenvalue weighted by atomic mass is 9.66. The molecule has 1 fully saturated rings. The first-order chi connectivity index (χ1) is 38.3. The maximum Gasteiger partial charge on any atom is 0.0311 e. The van der Waals surface area contributed by atoms with Gasteiger partial charge in [-0.1, -0.05) is 206 Å². The third kappa shape index (κ3) is 7.40. The van der Waals surface area contributed by atoms with Crippen molar-refractivity contribution in [1.82, 2.24) is 5.32 Å². The van der Waals surface area contributed by atoms with Gasteiger partial charge in [-0.25, -0.2) is 0 Å². The van der Waals surface area contributed by atoms with E-state index < -0.39 is 0 Å². The molecule has 0 aromatic heterocycles. The number of hydrogen-bond donors (Lipinski definition) is 2. The van der Waals surface area contributed by atoms with Gasteiger partial charge in [-0.15, -0.1) is 12.6 Å². The second-order valence-corrected chi connectivity index (χ2v) is 23.2. The van der Waals surface area contributed by atoms with Gasteiger partial charge in [-0.05, 0) is 219 Å². The van der Waals surface area contributed by atoms with Crippen LogP contribution in [-0.2, 0) is 0 Å². The Morgan fingerprint density at radius 2 is 1.32 bits per heavy atom. The summed E-state index contributed by atoms with van der Waals surface area (Å²) in [4.78, 5) is 1.04. The Balaban J connectivity index is 0.780. The fourth-order valence-corrected chi connectivity index (χ4v) is 15.0. The predicted octanol–water partition coefficient (Wildman–Crippen LogP) is 20.4. The Morgan fingerprint density at radius 3 is 2.12 bits per heavy atom. The van der Waals surface area contributed by atoms with Crippen molar-refractivity contribution in [2.24, 2.45) is 11.8 Å². The number of rotatable bonds is 9. The van der Waals surface area contributed by atoms with Gasteiger partial charge >= 0.3 is 0 Å². The minimum absolute atomic E-state index is 0.297. The van der Waals surface area contributed by atoms with E-state index in [-0.39, 0.29) is 0 Å². The lowest BCUT2D eigenvalue weighted by molar-refractivity contribution is 0.434. The van der Waals surface area contributed by atoms with Crippen LogP contribution in [0.3, 0.4) is 0 Å². The van der Waals surface area contributed by atoms with Crippen LogP contribution in [0.2, 0.25) is 0 Å². The lowest BCUT2D eigenvalue weighted by Crippen LogP contribution is -2.31. The van der Waals surface area contributed by atoms with E-state index in [1.54, 1.807) is 0 Å². The molecule has 1 aliphatic heterocycles. The summed E-state index contributed by atoms with van der Waals surface area (Å²) in [5, 5.41) is 19.2. The van der Waals surface area contributed by atoms with Crippen molar-refractivity contribution in [1.29, 1.82) is 0 Å². The van der Waals surface area contributed by atoms with Crippen LogP contribution < -0.4 is 5.32 Å². The third-order valence-corrected chi connectivity index (χ3v) is 19.3. The van der Waals surface area contributed by atoms with Gasteiger partial charge in [0.15, 0.2) is 0 Å². The molecule has 10 aromatic rings. The Labute approximate surface area is 463 Å². The van der Waals surface area contributed by atoms with E-state index >= 15 is 0 Å². The van der Waals surface area contributed by atoms with Crippen molar-refractivity contribution >= 4 is 107 Å². The quantitative estimate of drug-likeness (QED) is 0.0834. The van der Waals surface area contributed by atoms with Crippen LogP contribution in [-0.4, -0.2) is 12.6 Å². The first-order valence-electron chi connectivity index (χ1n) is 28.3. The van der Waals surface area contributed by atoms with E-state index in [9.17, 15) is 0 Å². The highest BCUT2D eigenvalue weighted by Gasteiger charge is 2.36. The Hall–Kier alpha value is -8.01. The van der Waals surface area contributed by atoms with Gasteiger partial charge in [0, 0.05) is 22.8 Å². The van der Waals surface area contributed by atoms with Crippen molar-refractivity contribution in [3.8, 4) is 22.3 Å². The van der Waals surface area contributed by atoms with Gasteiger partial charge < -0.3 is 5.32 Å². The summed E-state index contributed by atoms with van der Waals surface area (Å²) in [6, 6.07) is 51.7. The molecule has 10 aromatic carbocycles. The van der Waals surface area contributed by atoms with E-state index in [1.807, 2.05) is 0 Å². The monoisotopic (exact) mass is 1020 g/mol. The fraction of sp³-hybridized carbons (Fsp3) is 0.158. The molecule has 4 unspecified atom stereocenters. The lowest BCUT2D eigenvalue weighted by Gasteiger charge is -2.37. The average Bonchev–Trinajstić information content (AvgIpc) is 4.11. The van der Waals surface area contributed by atoms with E-state index in [4.69, 9.17) is 12.6 Å². The summed E-state index contributed by atoms with van der Waals surface area (Å²) in [6.45, 7) is 12.4. The number of benzene rings is 10. The molecule has 1 heterocycles. The van der Waals surface area contributed by atoms with Gasteiger partial charge in [-0.2, -0.15) is 0 Å². The van der Waals surface area contributed by atoms with Crippen LogP contribution in [0.4, 0.5) is 0 Å². The highest BCUT2D eigenvalue weighted by molar-refractivity contribution is 7.80. The van der Waals surface area contributed by atoms with Crippen LogP contribution in [0.1, 0.15) is 84.4 Å². The molecule has 5 aliphatic rings. The van der Waals surface area contributed by atoms with Crippen molar-refractivity contribution in [2.75, 3.05) is 6.54 Å². The summed E-state index contributed by atoms with van der Waals surface area (Å²) < 4.78 is 0. The molecule has 376 valence electrons. The van der Waals surface area contributed by atoms with Crippen LogP contribution in [0.15, 0.2) is 216 Å². The molecule has 0 bridgehead atoms. The van der Waals surface area contributed by atoms with Crippen molar-refractivity contribution in [3.05, 3.63) is 250 Å². The molecular weight excluding hydrogens is 959 g/mol. The zero-order valence-electron chi connectivity index (χ0n) is 44.6. The number of fused-ring (bicyclic) bond motifs is 7. The minimum Gasteiger partial charge on any atom is -0.310 e. The molecular formula is C76H61NS. The SMILES string of the molecule is C=C(/C=C\C1=C(C)C2NCCC2CC1)c1ccc2ccc3c(-c4ccc5c6ccc(-c7ccc8c9c7C=CC7C=CC(C/C=C\c%10ccc(/C=C\C)c(C)c%10S)=C(C=C8)C97)cc6c6ccccc6c5c4)ccc4ccc1c2c43. The van der Waals surface area contributed by atoms with E-state index in [2.05, 4.69) is 239 Å². The Kier molecular flexibility index (Phi) is 11.3. The normalized spacial score (nSPS) is 19.7. The molecule has 1 nitrogen and oxygen atoms in total. The maximum atomic E-state index is 4.93. The molecule has 15 rings (SSSR count). The molecule has 0 saturated carbocycles. The Bertz CT molecular complexity index is 4500. The topological polar surface area (TPSA) is 12.0 Å². The summed E-state index contributed by atoms with van der Waals surface area (Å²) in [5.74, 6) is 1.42. The van der Waals surface area contributed by atoms with Crippen LogP contribution in [0.5, 0.6) is 0 Å². The maximum absolute atomic E-state index is 4.93. The summed E-state index contributed by atoms with van der Waals surface area (Å²) in [5.41, 5.74) is 20.8. The largest absolute Gasteiger partial charge is 0.310 e. The van der Waals surface area contributed by atoms with Crippen molar-refractivity contribution < 1.29 is 0 Å². The molecule has 1 N–H and O–H groups in total. The second-order valence-electron chi connectivity index (χ2n) is 22.7. The minimum atomic E-state index is 0.297. The van der Waals surface area contributed by atoms with E-state index in [1.165, 1.54) is 155 Å². The summed E-state index contributed by atoms with van der Waals surface area (Å²) in [6.07, 6.45) is 32.4. The highest BCUT2D eigenvalue weighted by Crippen LogP contribution is 2.52. The highest BCUT2D eigenvalue weighted by atomic mass is 32.1. The molecule has 2 heteroatoms. The van der Waals surface area contributed by atoms with Crippen molar-refractivity contribution in [2.45, 2.75) is 63.3 Å².